The maximum absolute atomic E-state index is 12.8. The van der Waals surface area contributed by atoms with Crippen LogP contribution in [0.1, 0.15) is 42.3 Å². The molecule has 2 aliphatic rings. The molecule has 2 fully saturated rings. The van der Waals surface area contributed by atoms with Crippen molar-refractivity contribution in [1.82, 2.24) is 25.5 Å². The molecule has 2 heterocycles. The quantitative estimate of drug-likeness (QED) is 0.431. The van der Waals surface area contributed by atoms with Crippen molar-refractivity contribution in [2.45, 2.75) is 45.6 Å². The Morgan fingerprint density at radius 1 is 1.10 bits per heavy atom. The Hall–Kier alpha value is -2.53. The van der Waals surface area contributed by atoms with Gasteiger partial charge in [0.1, 0.15) is 0 Å². The van der Waals surface area contributed by atoms with E-state index in [9.17, 15) is 24.0 Å². The predicted molar refractivity (Wildman–Crippen MR) is 110 cm³/mol. The molecule has 11 nitrogen and oxygen atoms in total. The molecule has 0 saturated carbocycles. The third-order valence-electron chi connectivity index (χ3n) is 5.53. The third kappa shape index (κ3) is 6.73. The number of nitrogens with one attached hydrogen (secondary N) is 2. The first-order valence-electron chi connectivity index (χ1n) is 11.5. The average molecular weight is 442 g/mol. The molecule has 0 aromatic heterocycles. The molecule has 0 bridgehead atoms. The van der Waals surface area contributed by atoms with Crippen LogP contribution in [-0.2, 0) is 28.8 Å². The number of piperazine rings is 1. The summed E-state index contributed by atoms with van der Waals surface area (Å²) in [5.74, 6) is -2.60. The maximum atomic E-state index is 12.8. The number of hydroxylamine groups is 2. The van der Waals surface area contributed by atoms with E-state index in [1.54, 1.807) is 18.7 Å². The second-order valence-electron chi connectivity index (χ2n) is 8.39. The zero-order valence-corrected chi connectivity index (χ0v) is 18.3. The van der Waals surface area contributed by atoms with E-state index in [4.69, 9.17) is 7.58 Å². The molecular weight excluding hydrogens is 406 g/mol. The van der Waals surface area contributed by atoms with Crippen LogP contribution in [0.4, 0.5) is 0 Å². The molecule has 2 aliphatic heterocycles. The van der Waals surface area contributed by atoms with Gasteiger partial charge in [0.2, 0.25) is 11.8 Å². The van der Waals surface area contributed by atoms with Gasteiger partial charge in [-0.05, 0) is 27.9 Å². The number of carbonyl (C=O) groups is 5. The zero-order chi connectivity index (χ0) is 24.8. The van der Waals surface area contributed by atoms with Gasteiger partial charge in [0, 0.05) is 60.8 Å². The number of carbonyl (C=O) groups excluding carboxylic acids is 5. The van der Waals surface area contributed by atoms with Gasteiger partial charge in [-0.3, -0.25) is 24.1 Å². The van der Waals surface area contributed by atoms with E-state index in [0.717, 1.165) is 6.54 Å². The summed E-state index contributed by atoms with van der Waals surface area (Å²) in [6.07, 6.45) is -0.205. The molecule has 1 unspecified atom stereocenters. The van der Waals surface area contributed by atoms with Crippen LogP contribution in [0, 0.1) is 5.41 Å². The van der Waals surface area contributed by atoms with E-state index in [2.05, 4.69) is 15.5 Å². The fourth-order valence-corrected chi connectivity index (χ4v) is 3.44. The van der Waals surface area contributed by atoms with E-state index in [0.29, 0.717) is 18.2 Å². The summed E-state index contributed by atoms with van der Waals surface area (Å²) in [5.41, 5.74) is -0.875. The van der Waals surface area contributed by atoms with Crippen molar-refractivity contribution in [2.24, 2.45) is 5.41 Å². The van der Waals surface area contributed by atoms with Crippen molar-refractivity contribution in [2.75, 3.05) is 46.8 Å². The topological polar surface area (TPSA) is 128 Å². The van der Waals surface area contributed by atoms with Crippen molar-refractivity contribution in [3.63, 3.8) is 0 Å². The number of amides is 4. The number of rotatable bonds is 9. The van der Waals surface area contributed by atoms with Gasteiger partial charge >= 0.3 is 5.97 Å². The molecule has 2 N–H and O–H groups in total. The highest BCUT2D eigenvalue weighted by molar-refractivity contribution is 6.01. The Labute approximate surface area is 185 Å². The summed E-state index contributed by atoms with van der Waals surface area (Å²) in [6.45, 7) is 4.22. The standard InChI is InChI=1S/C20H33N5O6/c1-20(2,14-13-23(3)11-12-24(14)4)19(30)22-9-7-15(26)21-10-8-18(29)31-25-16(27)5-6-17(25)28/h14H,5-13H2,1-4H3,(H,21,26)(H,22,30)/i4D2. The fourth-order valence-electron chi connectivity index (χ4n) is 3.44. The van der Waals surface area contributed by atoms with Crippen molar-refractivity contribution in [3.8, 4) is 0 Å². The first-order valence-corrected chi connectivity index (χ1v) is 10.3. The van der Waals surface area contributed by atoms with E-state index >= 15 is 0 Å². The molecule has 2 rings (SSSR count). The van der Waals surface area contributed by atoms with Crippen molar-refractivity contribution in [1.29, 1.82) is 0 Å². The van der Waals surface area contributed by atoms with E-state index < -0.39 is 30.2 Å². The van der Waals surface area contributed by atoms with Gasteiger partial charge in [-0.15, -0.1) is 5.06 Å². The van der Waals surface area contributed by atoms with Crippen LogP contribution in [0.3, 0.4) is 0 Å². The Bertz CT molecular complexity index is 762. The van der Waals surface area contributed by atoms with Crippen LogP contribution in [0.5, 0.6) is 0 Å². The van der Waals surface area contributed by atoms with Gasteiger partial charge in [0.05, 0.1) is 11.8 Å². The summed E-state index contributed by atoms with van der Waals surface area (Å²) >= 11 is 0. The van der Waals surface area contributed by atoms with Crippen LogP contribution in [0.2, 0.25) is 0 Å². The van der Waals surface area contributed by atoms with Crippen LogP contribution in [-0.4, -0.2) is 97.3 Å². The maximum Gasteiger partial charge on any atom is 0.334 e. The largest absolute Gasteiger partial charge is 0.355 e. The smallest absolute Gasteiger partial charge is 0.334 e. The van der Waals surface area contributed by atoms with Gasteiger partial charge in [0.25, 0.3) is 11.8 Å². The minimum absolute atomic E-state index is 0.00619. The molecule has 11 heteroatoms. The molecule has 0 radical (unpaired) electrons. The van der Waals surface area contributed by atoms with Crippen LogP contribution in [0.15, 0.2) is 0 Å². The lowest BCUT2D eigenvalue weighted by Crippen LogP contribution is -2.60. The van der Waals surface area contributed by atoms with Crippen molar-refractivity contribution in [3.05, 3.63) is 0 Å². The van der Waals surface area contributed by atoms with Crippen LogP contribution >= 0.6 is 0 Å². The third-order valence-corrected chi connectivity index (χ3v) is 5.53. The number of nitrogens with zero attached hydrogens (tertiary/aromatic N) is 3. The Balaban J connectivity index is 1.71. The lowest BCUT2D eigenvalue weighted by Gasteiger charge is -2.45. The normalized spacial score (nSPS) is 21.7. The fraction of sp³-hybridized carbons (Fsp3) is 0.750. The summed E-state index contributed by atoms with van der Waals surface area (Å²) in [5, 5.41) is 5.72. The van der Waals surface area contributed by atoms with E-state index in [-0.39, 0.29) is 56.6 Å². The Morgan fingerprint density at radius 2 is 1.74 bits per heavy atom. The number of hydrogen-bond donors (Lipinski definition) is 2. The Morgan fingerprint density at radius 3 is 2.39 bits per heavy atom. The Kier molecular flexibility index (Phi) is 7.47. The highest BCUT2D eigenvalue weighted by Crippen LogP contribution is 2.27. The molecule has 0 aromatic rings. The molecule has 4 amide bonds. The van der Waals surface area contributed by atoms with Gasteiger partial charge < -0.3 is 20.4 Å². The first-order chi connectivity index (χ1) is 15.4. The van der Waals surface area contributed by atoms with E-state index in [1.165, 1.54) is 0 Å². The average Bonchev–Trinajstić information content (AvgIpc) is 3.05. The highest BCUT2D eigenvalue weighted by atomic mass is 16.7. The molecule has 31 heavy (non-hydrogen) atoms. The highest BCUT2D eigenvalue weighted by Gasteiger charge is 2.41. The van der Waals surface area contributed by atoms with Crippen LogP contribution < -0.4 is 10.6 Å². The lowest BCUT2D eigenvalue weighted by molar-refractivity contribution is -0.197. The molecule has 2 saturated heterocycles. The summed E-state index contributed by atoms with van der Waals surface area (Å²) in [7, 11) is 1.93. The minimum atomic E-state index is -1.17. The number of likely N-dealkylation sites (N-methyl/N-ethyl adjacent to an activating group) is 2. The SMILES string of the molecule is [2H]C([2H])N1CCN(C)CC1C(C)(C)C(=O)NCCC(=O)NCCC(=O)ON1C(=O)CCC1=O. The van der Waals surface area contributed by atoms with Crippen molar-refractivity contribution >= 4 is 29.6 Å². The van der Waals surface area contributed by atoms with Gasteiger partial charge in [-0.1, -0.05) is 0 Å². The molecular formula is C20H33N5O6. The zero-order valence-electron chi connectivity index (χ0n) is 20.3. The summed E-state index contributed by atoms with van der Waals surface area (Å²) in [6, 6.07) is -0.314. The van der Waals surface area contributed by atoms with E-state index in [1.807, 2.05) is 7.05 Å². The monoisotopic (exact) mass is 441 g/mol. The first kappa shape index (κ1) is 21.7. The molecule has 1 atom stereocenters. The minimum Gasteiger partial charge on any atom is -0.355 e. The predicted octanol–water partition coefficient (Wildman–Crippen LogP) is -1.12. The molecule has 174 valence electrons. The summed E-state index contributed by atoms with van der Waals surface area (Å²) < 4.78 is 15.6. The molecule has 0 spiro atoms. The number of imide groups is 1. The second kappa shape index (κ2) is 10.7. The molecule has 0 aromatic carbocycles. The number of hydrogen-bond acceptors (Lipinski definition) is 8. The molecule has 0 aliphatic carbocycles. The van der Waals surface area contributed by atoms with Gasteiger partial charge in [0.15, 0.2) is 0 Å². The summed E-state index contributed by atoms with van der Waals surface area (Å²) in [4.78, 5) is 67.8. The van der Waals surface area contributed by atoms with Gasteiger partial charge in [-0.2, -0.15) is 0 Å². The van der Waals surface area contributed by atoms with Gasteiger partial charge in [-0.25, -0.2) is 4.79 Å². The van der Waals surface area contributed by atoms with Crippen LogP contribution in [0.25, 0.3) is 0 Å². The van der Waals surface area contributed by atoms with Crippen molar-refractivity contribution < 1.29 is 31.6 Å². The second-order valence-corrected chi connectivity index (χ2v) is 8.39. The lowest BCUT2D eigenvalue weighted by atomic mass is 9.81.